The molecule has 0 bridgehead atoms. The lowest BCUT2D eigenvalue weighted by Crippen LogP contribution is -2.37. The van der Waals surface area contributed by atoms with E-state index in [4.69, 9.17) is 5.84 Å². The molecule has 1 aromatic heterocycles. The number of hydrogen-bond donors (Lipinski definition) is 2. The first-order chi connectivity index (χ1) is 16.2. The van der Waals surface area contributed by atoms with Gasteiger partial charge in [0.2, 0.25) is 5.91 Å². The van der Waals surface area contributed by atoms with E-state index in [1.54, 1.807) is 30.5 Å². The van der Waals surface area contributed by atoms with Gasteiger partial charge in [0.15, 0.2) is 0 Å². The number of alkyl halides is 3. The number of carbonyl (C=O) groups is 1. The Hall–Kier alpha value is -3.65. The number of halogens is 3. The molecule has 2 aromatic rings. The van der Waals surface area contributed by atoms with Crippen LogP contribution in [0.2, 0.25) is 0 Å². The highest BCUT2D eigenvalue weighted by molar-refractivity contribution is 5.79. The second kappa shape index (κ2) is 14.5. The minimum absolute atomic E-state index is 0.0436. The van der Waals surface area contributed by atoms with Crippen LogP contribution < -0.4 is 16.2 Å². The highest BCUT2D eigenvalue weighted by Crippen LogP contribution is 2.30. The molecular weight excluding hydrogens is 441 g/mol. The van der Waals surface area contributed by atoms with Gasteiger partial charge < -0.3 is 5.32 Å². The standard InChI is InChI=1S/C24H27F3N4O.C2H4/c1-3-6-18(4-2)15-23(32)30-17-20-8-11-21(12-9-20)31(28)22(24(25,26)27)13-10-19-7-5-14-29-16-19;1-2/h3-9,11-14,16H,10,15,17,28H2,1-2H3,(H,30,32);1-2H2/b6-3-,18-4+,22-13-;. The molecule has 182 valence electrons. The molecular formula is C26H31F3N4O. The number of aromatic nitrogens is 1. The fraction of sp³-hybridized carbons (Fsp3) is 0.231. The number of amides is 1. The number of anilines is 1. The third-order valence-electron chi connectivity index (χ3n) is 4.62. The Morgan fingerprint density at radius 3 is 2.35 bits per heavy atom. The summed E-state index contributed by atoms with van der Waals surface area (Å²) in [5, 5.41) is 3.42. The van der Waals surface area contributed by atoms with Gasteiger partial charge in [-0.05, 0) is 61.2 Å². The molecule has 1 heterocycles. The van der Waals surface area contributed by atoms with E-state index in [9.17, 15) is 18.0 Å². The molecule has 0 aliphatic carbocycles. The molecule has 2 rings (SSSR count). The number of nitrogens with one attached hydrogen (secondary N) is 1. The SMILES string of the molecule is C/C=C\C(=C/C)CC(=O)NCc1ccc(N(N)/C(=C\Cc2cccnc2)C(F)(F)F)cc1.C=C. The first kappa shape index (κ1) is 28.4. The summed E-state index contributed by atoms with van der Waals surface area (Å²) in [7, 11) is 0. The third-order valence-corrected chi connectivity index (χ3v) is 4.62. The lowest BCUT2D eigenvalue weighted by molar-refractivity contribution is -0.120. The Balaban J connectivity index is 0.00000281. The summed E-state index contributed by atoms with van der Waals surface area (Å²) >= 11 is 0. The van der Waals surface area contributed by atoms with Gasteiger partial charge in [-0.3, -0.25) is 14.8 Å². The number of nitrogens with zero attached hydrogens (tertiary/aromatic N) is 2. The van der Waals surface area contributed by atoms with Crippen LogP contribution in [0.4, 0.5) is 18.9 Å². The third kappa shape index (κ3) is 9.46. The first-order valence-corrected chi connectivity index (χ1v) is 10.6. The zero-order valence-electron chi connectivity index (χ0n) is 19.5. The number of hydrogen-bond acceptors (Lipinski definition) is 4. The molecule has 0 fully saturated rings. The summed E-state index contributed by atoms with van der Waals surface area (Å²) < 4.78 is 40.7. The van der Waals surface area contributed by atoms with Gasteiger partial charge in [0, 0.05) is 18.9 Å². The molecule has 5 nitrogen and oxygen atoms in total. The molecule has 0 aliphatic rings. The highest BCUT2D eigenvalue weighted by atomic mass is 19.4. The van der Waals surface area contributed by atoms with Gasteiger partial charge in [-0.25, -0.2) is 5.84 Å². The molecule has 1 amide bonds. The first-order valence-electron chi connectivity index (χ1n) is 10.6. The van der Waals surface area contributed by atoms with Crippen LogP contribution in [0.5, 0.6) is 0 Å². The van der Waals surface area contributed by atoms with Crippen molar-refractivity contribution in [1.82, 2.24) is 10.3 Å². The molecule has 0 radical (unpaired) electrons. The van der Waals surface area contributed by atoms with Crippen molar-refractivity contribution in [3.8, 4) is 0 Å². The number of pyridine rings is 1. The van der Waals surface area contributed by atoms with E-state index in [1.165, 1.54) is 18.3 Å². The van der Waals surface area contributed by atoms with Crippen molar-refractivity contribution in [2.75, 3.05) is 5.01 Å². The summed E-state index contributed by atoms with van der Waals surface area (Å²) in [6, 6.07) is 9.60. The molecule has 34 heavy (non-hydrogen) atoms. The van der Waals surface area contributed by atoms with Crippen LogP contribution in [0.1, 0.15) is 31.4 Å². The van der Waals surface area contributed by atoms with Crippen molar-refractivity contribution in [3.63, 3.8) is 0 Å². The lowest BCUT2D eigenvalue weighted by atomic mass is 10.1. The van der Waals surface area contributed by atoms with Gasteiger partial charge in [-0.2, -0.15) is 13.2 Å². The molecule has 8 heteroatoms. The summed E-state index contributed by atoms with van der Waals surface area (Å²) in [6.45, 7) is 10.0. The van der Waals surface area contributed by atoms with Crippen LogP contribution in [-0.2, 0) is 17.8 Å². The second-order valence-electron chi connectivity index (χ2n) is 7.01. The van der Waals surface area contributed by atoms with Crippen LogP contribution in [0.15, 0.2) is 97.5 Å². The van der Waals surface area contributed by atoms with Gasteiger partial charge >= 0.3 is 6.18 Å². The summed E-state index contributed by atoms with van der Waals surface area (Å²) in [6.07, 6.45) is 5.36. The van der Waals surface area contributed by atoms with E-state index in [-0.39, 0.29) is 31.0 Å². The number of rotatable bonds is 9. The maximum Gasteiger partial charge on any atom is 0.432 e. The summed E-state index contributed by atoms with van der Waals surface area (Å²) in [5.74, 6) is 5.67. The Labute approximate surface area is 199 Å². The van der Waals surface area contributed by atoms with E-state index >= 15 is 0 Å². The van der Waals surface area contributed by atoms with Gasteiger partial charge in [0.25, 0.3) is 0 Å². The Morgan fingerprint density at radius 1 is 1.15 bits per heavy atom. The number of hydrazine groups is 1. The van der Waals surface area contributed by atoms with E-state index in [1.807, 2.05) is 32.1 Å². The van der Waals surface area contributed by atoms with E-state index in [2.05, 4.69) is 23.5 Å². The van der Waals surface area contributed by atoms with E-state index in [0.717, 1.165) is 17.2 Å². The highest BCUT2D eigenvalue weighted by Gasteiger charge is 2.37. The zero-order chi connectivity index (χ0) is 25.6. The van der Waals surface area contributed by atoms with Crippen molar-refractivity contribution < 1.29 is 18.0 Å². The van der Waals surface area contributed by atoms with Crippen molar-refractivity contribution in [3.05, 3.63) is 109 Å². The number of benzene rings is 1. The van der Waals surface area contributed by atoms with E-state index < -0.39 is 11.9 Å². The van der Waals surface area contributed by atoms with Crippen molar-refractivity contribution in [2.24, 2.45) is 5.84 Å². The largest absolute Gasteiger partial charge is 0.432 e. The minimum Gasteiger partial charge on any atom is -0.352 e. The van der Waals surface area contributed by atoms with E-state index in [0.29, 0.717) is 10.6 Å². The van der Waals surface area contributed by atoms with Gasteiger partial charge in [-0.15, -0.1) is 13.2 Å². The molecule has 0 spiro atoms. The molecule has 3 N–H and O–H groups in total. The maximum absolute atomic E-state index is 13.6. The molecule has 0 saturated carbocycles. The van der Waals surface area contributed by atoms with Crippen LogP contribution in [0.3, 0.4) is 0 Å². The molecule has 0 atom stereocenters. The predicted molar refractivity (Wildman–Crippen MR) is 131 cm³/mol. The summed E-state index contributed by atoms with van der Waals surface area (Å²) in [5.41, 5.74) is 1.50. The smallest absolute Gasteiger partial charge is 0.352 e. The second-order valence-corrected chi connectivity index (χ2v) is 7.01. The zero-order valence-corrected chi connectivity index (χ0v) is 19.5. The minimum atomic E-state index is -4.62. The Bertz CT molecular complexity index is 981. The van der Waals surface area contributed by atoms with Crippen LogP contribution in [-0.4, -0.2) is 17.1 Å². The Kier molecular flexibility index (Phi) is 12.1. The quantitative estimate of drug-likeness (QED) is 0.210. The number of nitrogens with two attached hydrogens (primary N) is 1. The lowest BCUT2D eigenvalue weighted by Gasteiger charge is -2.24. The molecule has 1 aromatic carbocycles. The van der Waals surface area contributed by atoms with Crippen molar-refractivity contribution >= 4 is 11.6 Å². The van der Waals surface area contributed by atoms with Gasteiger partial charge in [0.05, 0.1) is 12.1 Å². The maximum atomic E-state index is 13.6. The topological polar surface area (TPSA) is 71.2 Å². The van der Waals surface area contributed by atoms with Crippen molar-refractivity contribution in [1.29, 1.82) is 0 Å². The summed E-state index contributed by atoms with van der Waals surface area (Å²) in [4.78, 5) is 16.0. The normalized spacial score (nSPS) is 12.2. The van der Waals surface area contributed by atoms with Gasteiger partial charge in [0.1, 0.15) is 5.70 Å². The average Bonchev–Trinajstić information content (AvgIpc) is 2.84. The van der Waals surface area contributed by atoms with Crippen molar-refractivity contribution in [2.45, 2.75) is 39.4 Å². The van der Waals surface area contributed by atoms with Crippen LogP contribution >= 0.6 is 0 Å². The average molecular weight is 473 g/mol. The van der Waals surface area contributed by atoms with Crippen LogP contribution in [0.25, 0.3) is 0 Å². The van der Waals surface area contributed by atoms with Crippen LogP contribution in [0, 0.1) is 0 Å². The fourth-order valence-corrected chi connectivity index (χ4v) is 2.92. The number of carbonyl (C=O) groups excluding carboxylic acids is 1. The molecule has 0 aliphatic heterocycles. The molecule has 0 saturated heterocycles. The predicted octanol–water partition coefficient (Wildman–Crippen LogP) is 5.78. The molecule has 0 unspecified atom stereocenters. The number of allylic oxidation sites excluding steroid dienone is 5. The Morgan fingerprint density at radius 2 is 1.82 bits per heavy atom. The monoisotopic (exact) mass is 472 g/mol. The van der Waals surface area contributed by atoms with Gasteiger partial charge in [-0.1, -0.05) is 36.4 Å². The fourth-order valence-electron chi connectivity index (χ4n) is 2.92.